The second-order valence-corrected chi connectivity index (χ2v) is 5.41. The summed E-state index contributed by atoms with van der Waals surface area (Å²) in [7, 11) is 3.30. The summed E-state index contributed by atoms with van der Waals surface area (Å²) in [4.78, 5) is 6.84. The van der Waals surface area contributed by atoms with Crippen LogP contribution >= 0.6 is 0 Å². The van der Waals surface area contributed by atoms with E-state index in [9.17, 15) is 0 Å². The molecule has 1 aromatic heterocycles. The molecule has 1 aliphatic heterocycles. The summed E-state index contributed by atoms with van der Waals surface area (Å²) in [6, 6.07) is 6.20. The van der Waals surface area contributed by atoms with E-state index < -0.39 is 0 Å². The van der Waals surface area contributed by atoms with Crippen molar-refractivity contribution in [3.05, 3.63) is 24.4 Å². The molecule has 3 rings (SSSR count). The van der Waals surface area contributed by atoms with Gasteiger partial charge >= 0.3 is 0 Å². The van der Waals surface area contributed by atoms with Gasteiger partial charge in [-0.2, -0.15) is 0 Å². The highest BCUT2D eigenvalue weighted by Crippen LogP contribution is 2.36. The number of nitrogens with two attached hydrogens (primary N) is 1. The quantitative estimate of drug-likeness (QED) is 0.937. The van der Waals surface area contributed by atoms with Gasteiger partial charge in [-0.05, 0) is 36.4 Å². The SMILES string of the molecule is COc1cc2ccnc(N3CCCC(N)C3)c2cc1OC. The number of methoxy groups -OCH3 is 2. The van der Waals surface area contributed by atoms with Crippen molar-refractivity contribution in [2.75, 3.05) is 32.2 Å². The molecule has 1 fully saturated rings. The maximum absolute atomic E-state index is 6.09. The number of rotatable bonds is 3. The van der Waals surface area contributed by atoms with Crippen LogP contribution in [0.1, 0.15) is 12.8 Å². The number of hydrogen-bond acceptors (Lipinski definition) is 5. The summed E-state index contributed by atoms with van der Waals surface area (Å²) in [6.45, 7) is 1.84. The molecule has 1 aliphatic rings. The van der Waals surface area contributed by atoms with E-state index in [-0.39, 0.29) is 6.04 Å². The standard InChI is InChI=1S/C16H21N3O2/c1-20-14-8-11-5-6-18-16(13(11)9-15(14)21-2)19-7-3-4-12(17)10-19/h5-6,8-9,12H,3-4,7,10,17H2,1-2H3. The Morgan fingerprint density at radius 2 is 2.00 bits per heavy atom. The molecule has 1 saturated heterocycles. The molecule has 0 saturated carbocycles. The minimum Gasteiger partial charge on any atom is -0.493 e. The molecular formula is C16H21N3O2. The van der Waals surface area contributed by atoms with Crippen molar-refractivity contribution in [3.8, 4) is 11.5 Å². The van der Waals surface area contributed by atoms with Crippen molar-refractivity contribution >= 4 is 16.6 Å². The average molecular weight is 287 g/mol. The van der Waals surface area contributed by atoms with E-state index in [0.29, 0.717) is 0 Å². The second-order valence-electron chi connectivity index (χ2n) is 5.41. The van der Waals surface area contributed by atoms with Crippen molar-refractivity contribution in [2.45, 2.75) is 18.9 Å². The highest BCUT2D eigenvalue weighted by atomic mass is 16.5. The van der Waals surface area contributed by atoms with Crippen LogP contribution in [-0.4, -0.2) is 38.3 Å². The number of benzene rings is 1. The molecule has 1 aromatic carbocycles. The summed E-state index contributed by atoms with van der Waals surface area (Å²) >= 11 is 0. The van der Waals surface area contributed by atoms with E-state index in [1.807, 2.05) is 24.4 Å². The van der Waals surface area contributed by atoms with E-state index in [1.165, 1.54) is 0 Å². The summed E-state index contributed by atoms with van der Waals surface area (Å²) < 4.78 is 10.8. The first kappa shape index (κ1) is 13.9. The molecule has 5 nitrogen and oxygen atoms in total. The molecule has 1 atom stereocenters. The normalized spacial score (nSPS) is 18.8. The fourth-order valence-corrected chi connectivity index (χ4v) is 2.94. The number of pyridine rings is 1. The van der Waals surface area contributed by atoms with Crippen LogP contribution in [-0.2, 0) is 0 Å². The van der Waals surface area contributed by atoms with Crippen LogP contribution in [0.5, 0.6) is 11.5 Å². The number of nitrogens with zero attached hydrogens (tertiary/aromatic N) is 2. The van der Waals surface area contributed by atoms with Crippen LogP contribution < -0.4 is 20.1 Å². The Morgan fingerprint density at radius 3 is 2.71 bits per heavy atom. The predicted molar refractivity (Wildman–Crippen MR) is 84.3 cm³/mol. The second kappa shape index (κ2) is 5.77. The Morgan fingerprint density at radius 1 is 1.24 bits per heavy atom. The van der Waals surface area contributed by atoms with Crippen LogP contribution in [0.25, 0.3) is 10.8 Å². The molecule has 112 valence electrons. The van der Waals surface area contributed by atoms with Gasteiger partial charge in [0.1, 0.15) is 5.82 Å². The lowest BCUT2D eigenvalue weighted by Crippen LogP contribution is -2.43. The van der Waals surface area contributed by atoms with Crippen molar-refractivity contribution < 1.29 is 9.47 Å². The minimum atomic E-state index is 0.218. The summed E-state index contributed by atoms with van der Waals surface area (Å²) in [6.07, 6.45) is 4.02. The smallest absolute Gasteiger partial charge is 0.161 e. The molecule has 0 radical (unpaired) electrons. The van der Waals surface area contributed by atoms with Crippen LogP contribution in [0.15, 0.2) is 24.4 Å². The highest BCUT2D eigenvalue weighted by molar-refractivity contribution is 5.94. The third-order valence-corrected chi connectivity index (χ3v) is 4.00. The summed E-state index contributed by atoms with van der Waals surface area (Å²) in [5.41, 5.74) is 6.09. The molecule has 0 aliphatic carbocycles. The van der Waals surface area contributed by atoms with Crippen molar-refractivity contribution in [2.24, 2.45) is 5.73 Å². The number of fused-ring (bicyclic) bond motifs is 1. The monoisotopic (exact) mass is 287 g/mol. The number of piperidine rings is 1. The summed E-state index contributed by atoms with van der Waals surface area (Å²) in [5.74, 6) is 2.43. The Labute approximate surface area is 124 Å². The van der Waals surface area contributed by atoms with E-state index in [2.05, 4.69) is 9.88 Å². The average Bonchev–Trinajstić information content (AvgIpc) is 2.52. The lowest BCUT2D eigenvalue weighted by atomic mass is 10.1. The molecule has 0 bridgehead atoms. The van der Waals surface area contributed by atoms with E-state index in [1.54, 1.807) is 14.2 Å². The van der Waals surface area contributed by atoms with Gasteiger partial charge < -0.3 is 20.1 Å². The Kier molecular flexibility index (Phi) is 3.84. The van der Waals surface area contributed by atoms with Gasteiger partial charge in [0, 0.05) is 30.7 Å². The van der Waals surface area contributed by atoms with Gasteiger partial charge in [-0.1, -0.05) is 0 Å². The fraction of sp³-hybridized carbons (Fsp3) is 0.438. The third-order valence-electron chi connectivity index (χ3n) is 4.00. The minimum absolute atomic E-state index is 0.218. The van der Waals surface area contributed by atoms with Gasteiger partial charge in [-0.15, -0.1) is 0 Å². The zero-order valence-corrected chi connectivity index (χ0v) is 12.5. The summed E-state index contributed by atoms with van der Waals surface area (Å²) in [5, 5.41) is 2.17. The predicted octanol–water partition coefficient (Wildman–Crippen LogP) is 2.18. The van der Waals surface area contributed by atoms with Crippen molar-refractivity contribution in [3.63, 3.8) is 0 Å². The first-order valence-electron chi connectivity index (χ1n) is 7.24. The molecule has 2 aromatic rings. The van der Waals surface area contributed by atoms with Gasteiger partial charge in [0.05, 0.1) is 14.2 Å². The van der Waals surface area contributed by atoms with Gasteiger partial charge in [0.15, 0.2) is 11.5 Å². The zero-order chi connectivity index (χ0) is 14.8. The van der Waals surface area contributed by atoms with Crippen LogP contribution in [0.3, 0.4) is 0 Å². The molecule has 0 spiro atoms. The largest absolute Gasteiger partial charge is 0.493 e. The molecule has 2 heterocycles. The highest BCUT2D eigenvalue weighted by Gasteiger charge is 2.20. The van der Waals surface area contributed by atoms with Crippen LogP contribution in [0.2, 0.25) is 0 Å². The first-order valence-corrected chi connectivity index (χ1v) is 7.24. The fourth-order valence-electron chi connectivity index (χ4n) is 2.94. The Balaban J connectivity index is 2.10. The number of hydrogen-bond donors (Lipinski definition) is 1. The first-order chi connectivity index (χ1) is 10.2. The molecule has 5 heteroatoms. The molecule has 0 amide bonds. The van der Waals surface area contributed by atoms with E-state index in [0.717, 1.165) is 54.0 Å². The topological polar surface area (TPSA) is 60.6 Å². The maximum atomic E-state index is 6.09. The molecular weight excluding hydrogens is 266 g/mol. The number of anilines is 1. The lowest BCUT2D eigenvalue weighted by molar-refractivity contribution is 0.356. The van der Waals surface area contributed by atoms with Gasteiger partial charge in [-0.3, -0.25) is 0 Å². The zero-order valence-electron chi connectivity index (χ0n) is 12.5. The number of ether oxygens (including phenoxy) is 2. The molecule has 1 unspecified atom stereocenters. The van der Waals surface area contributed by atoms with E-state index in [4.69, 9.17) is 15.2 Å². The molecule has 2 N–H and O–H groups in total. The van der Waals surface area contributed by atoms with Crippen molar-refractivity contribution in [1.29, 1.82) is 0 Å². The number of aromatic nitrogens is 1. The molecule has 21 heavy (non-hydrogen) atoms. The Bertz CT molecular complexity index is 645. The third kappa shape index (κ3) is 2.61. The maximum Gasteiger partial charge on any atom is 0.161 e. The lowest BCUT2D eigenvalue weighted by Gasteiger charge is -2.32. The van der Waals surface area contributed by atoms with Crippen LogP contribution in [0.4, 0.5) is 5.82 Å². The van der Waals surface area contributed by atoms with Gasteiger partial charge in [0.2, 0.25) is 0 Å². The van der Waals surface area contributed by atoms with Crippen LogP contribution in [0, 0.1) is 0 Å². The van der Waals surface area contributed by atoms with Gasteiger partial charge in [-0.25, -0.2) is 4.98 Å². The van der Waals surface area contributed by atoms with E-state index >= 15 is 0 Å². The van der Waals surface area contributed by atoms with Gasteiger partial charge in [0.25, 0.3) is 0 Å². The van der Waals surface area contributed by atoms with Crippen molar-refractivity contribution in [1.82, 2.24) is 4.98 Å². The Hall–Kier alpha value is -2.01.